The van der Waals surface area contributed by atoms with Gasteiger partial charge in [0.2, 0.25) is 5.88 Å². The number of ether oxygens (including phenoxy) is 1. The monoisotopic (exact) mass is 283 g/mol. The summed E-state index contributed by atoms with van der Waals surface area (Å²) in [6, 6.07) is 8.38. The highest BCUT2D eigenvalue weighted by Crippen LogP contribution is 2.28. The van der Waals surface area contributed by atoms with Gasteiger partial charge in [-0.15, -0.1) is 0 Å². The van der Waals surface area contributed by atoms with E-state index in [-0.39, 0.29) is 6.61 Å². The summed E-state index contributed by atoms with van der Waals surface area (Å²) in [7, 11) is 0. The highest BCUT2D eigenvalue weighted by Gasteiger charge is 2.04. The number of nitrogens with zero attached hydrogens (tertiary/aromatic N) is 1. The fraction of sp³-hybridized carbons (Fsp3) is 0.154. The molecule has 1 N–H and O–H groups in total. The van der Waals surface area contributed by atoms with Gasteiger partial charge in [-0.25, -0.2) is 4.98 Å². The SMILES string of the molecule is Cc1cc(CO)cc(Oc2cc(Cl)cc(Cl)c2)n1. The molecule has 0 unspecified atom stereocenters. The van der Waals surface area contributed by atoms with Crippen molar-refractivity contribution >= 4 is 23.2 Å². The summed E-state index contributed by atoms with van der Waals surface area (Å²) in [6.45, 7) is 1.77. The number of hydrogen-bond donors (Lipinski definition) is 1. The maximum atomic E-state index is 9.12. The minimum absolute atomic E-state index is 0.0595. The summed E-state index contributed by atoms with van der Waals surface area (Å²) in [4.78, 5) is 4.22. The van der Waals surface area contributed by atoms with Gasteiger partial charge in [0.25, 0.3) is 0 Å². The number of hydrogen-bond acceptors (Lipinski definition) is 3. The van der Waals surface area contributed by atoms with Crippen LogP contribution in [-0.2, 0) is 6.61 Å². The van der Waals surface area contributed by atoms with Crippen molar-refractivity contribution in [3.8, 4) is 11.6 Å². The Balaban J connectivity index is 2.30. The lowest BCUT2D eigenvalue weighted by molar-refractivity contribution is 0.281. The predicted octanol–water partition coefficient (Wildman–Crippen LogP) is 3.98. The summed E-state index contributed by atoms with van der Waals surface area (Å²) in [6.07, 6.45) is 0. The molecule has 0 fully saturated rings. The van der Waals surface area contributed by atoms with Crippen LogP contribution in [-0.4, -0.2) is 10.1 Å². The van der Waals surface area contributed by atoms with Crippen LogP contribution in [0.1, 0.15) is 11.3 Å². The van der Waals surface area contributed by atoms with Crippen molar-refractivity contribution in [2.75, 3.05) is 0 Å². The molecular weight excluding hydrogens is 273 g/mol. The molecule has 1 aromatic carbocycles. The Morgan fingerprint density at radius 2 is 1.78 bits per heavy atom. The van der Waals surface area contributed by atoms with E-state index in [4.69, 9.17) is 33.0 Å². The third-order valence-electron chi connectivity index (χ3n) is 2.23. The molecule has 5 heteroatoms. The van der Waals surface area contributed by atoms with Gasteiger partial charge in [0.05, 0.1) is 6.61 Å². The number of benzene rings is 1. The second-order valence-electron chi connectivity index (χ2n) is 3.82. The molecule has 0 aliphatic heterocycles. The highest BCUT2D eigenvalue weighted by molar-refractivity contribution is 6.34. The lowest BCUT2D eigenvalue weighted by Gasteiger charge is -2.08. The molecule has 3 nitrogen and oxygen atoms in total. The summed E-state index contributed by atoms with van der Waals surface area (Å²) < 4.78 is 5.57. The van der Waals surface area contributed by atoms with Crippen molar-refractivity contribution in [2.45, 2.75) is 13.5 Å². The van der Waals surface area contributed by atoms with Gasteiger partial charge in [0, 0.05) is 21.8 Å². The van der Waals surface area contributed by atoms with Crippen LogP contribution in [0.4, 0.5) is 0 Å². The maximum Gasteiger partial charge on any atom is 0.219 e. The number of aliphatic hydroxyl groups excluding tert-OH is 1. The molecule has 2 aromatic rings. The van der Waals surface area contributed by atoms with Crippen LogP contribution in [0.2, 0.25) is 10.0 Å². The van der Waals surface area contributed by atoms with Crippen molar-refractivity contribution in [3.05, 3.63) is 51.6 Å². The van der Waals surface area contributed by atoms with Crippen LogP contribution in [0.25, 0.3) is 0 Å². The standard InChI is InChI=1S/C13H11Cl2NO2/c1-8-2-9(7-17)3-13(16-8)18-12-5-10(14)4-11(15)6-12/h2-6,17H,7H2,1H3. The Bertz CT molecular complexity index is 553. The second-order valence-corrected chi connectivity index (χ2v) is 4.69. The third-order valence-corrected chi connectivity index (χ3v) is 2.67. The van der Waals surface area contributed by atoms with E-state index < -0.39 is 0 Å². The molecule has 1 heterocycles. The third kappa shape index (κ3) is 3.35. The van der Waals surface area contributed by atoms with E-state index in [1.165, 1.54) is 0 Å². The number of pyridine rings is 1. The van der Waals surface area contributed by atoms with E-state index in [0.29, 0.717) is 21.7 Å². The zero-order valence-electron chi connectivity index (χ0n) is 9.65. The minimum atomic E-state index is -0.0595. The molecular formula is C13H11Cl2NO2. The summed E-state index contributed by atoms with van der Waals surface area (Å²) >= 11 is 11.8. The van der Waals surface area contributed by atoms with Crippen molar-refractivity contribution in [1.82, 2.24) is 4.98 Å². The molecule has 0 saturated heterocycles. The van der Waals surface area contributed by atoms with Crippen molar-refractivity contribution in [3.63, 3.8) is 0 Å². The smallest absolute Gasteiger partial charge is 0.219 e. The fourth-order valence-corrected chi connectivity index (χ4v) is 2.06. The van der Waals surface area contributed by atoms with Crippen LogP contribution >= 0.6 is 23.2 Å². The number of aromatic nitrogens is 1. The Kier molecular flexibility index (Phi) is 4.07. The lowest BCUT2D eigenvalue weighted by atomic mass is 10.2. The van der Waals surface area contributed by atoms with E-state index in [2.05, 4.69) is 4.98 Å². The van der Waals surface area contributed by atoms with Crippen LogP contribution in [0, 0.1) is 6.92 Å². The number of rotatable bonds is 3. The van der Waals surface area contributed by atoms with Crippen molar-refractivity contribution < 1.29 is 9.84 Å². The van der Waals surface area contributed by atoms with E-state index >= 15 is 0 Å². The van der Waals surface area contributed by atoms with E-state index in [9.17, 15) is 0 Å². The van der Waals surface area contributed by atoms with Gasteiger partial charge in [0.15, 0.2) is 0 Å². The molecule has 0 aliphatic rings. The predicted molar refractivity (Wildman–Crippen MR) is 71.4 cm³/mol. The molecule has 0 spiro atoms. The summed E-state index contributed by atoms with van der Waals surface area (Å²) in [5, 5.41) is 10.1. The maximum absolute atomic E-state index is 9.12. The van der Waals surface area contributed by atoms with Gasteiger partial charge < -0.3 is 9.84 Å². The first-order valence-electron chi connectivity index (χ1n) is 5.29. The number of aliphatic hydroxyl groups is 1. The second kappa shape index (κ2) is 5.57. The molecule has 94 valence electrons. The Morgan fingerprint density at radius 3 is 2.39 bits per heavy atom. The van der Waals surface area contributed by atoms with Gasteiger partial charge >= 0.3 is 0 Å². The fourth-order valence-electron chi connectivity index (χ4n) is 1.56. The first kappa shape index (κ1) is 13.1. The van der Waals surface area contributed by atoms with Crippen LogP contribution in [0.3, 0.4) is 0 Å². The summed E-state index contributed by atoms with van der Waals surface area (Å²) in [5.41, 5.74) is 1.51. The lowest BCUT2D eigenvalue weighted by Crippen LogP contribution is -1.93. The zero-order chi connectivity index (χ0) is 13.1. The molecule has 18 heavy (non-hydrogen) atoms. The number of aryl methyl sites for hydroxylation is 1. The van der Waals surface area contributed by atoms with E-state index in [1.807, 2.05) is 6.92 Å². The van der Waals surface area contributed by atoms with Crippen molar-refractivity contribution in [2.24, 2.45) is 0 Å². The van der Waals surface area contributed by atoms with Gasteiger partial charge in [-0.1, -0.05) is 23.2 Å². The van der Waals surface area contributed by atoms with E-state index in [1.54, 1.807) is 30.3 Å². The van der Waals surface area contributed by atoms with Gasteiger partial charge in [0.1, 0.15) is 5.75 Å². The molecule has 2 rings (SSSR count). The topological polar surface area (TPSA) is 42.4 Å². The van der Waals surface area contributed by atoms with Crippen LogP contribution < -0.4 is 4.74 Å². The minimum Gasteiger partial charge on any atom is -0.439 e. The van der Waals surface area contributed by atoms with Crippen molar-refractivity contribution in [1.29, 1.82) is 0 Å². The van der Waals surface area contributed by atoms with Gasteiger partial charge in [-0.2, -0.15) is 0 Å². The van der Waals surface area contributed by atoms with Crippen LogP contribution in [0.5, 0.6) is 11.6 Å². The molecule has 0 amide bonds. The Morgan fingerprint density at radius 1 is 1.11 bits per heavy atom. The Labute approximate surface area is 115 Å². The van der Waals surface area contributed by atoms with Gasteiger partial charge in [-0.3, -0.25) is 0 Å². The first-order valence-corrected chi connectivity index (χ1v) is 6.05. The molecule has 0 aliphatic carbocycles. The molecule has 0 atom stereocenters. The zero-order valence-corrected chi connectivity index (χ0v) is 11.2. The van der Waals surface area contributed by atoms with Crippen LogP contribution in [0.15, 0.2) is 30.3 Å². The average molecular weight is 284 g/mol. The quantitative estimate of drug-likeness (QED) is 0.926. The largest absolute Gasteiger partial charge is 0.439 e. The Hall–Kier alpha value is -1.29. The normalized spacial score (nSPS) is 10.4. The highest BCUT2D eigenvalue weighted by atomic mass is 35.5. The summed E-state index contributed by atoms with van der Waals surface area (Å²) in [5.74, 6) is 0.909. The van der Waals surface area contributed by atoms with E-state index in [0.717, 1.165) is 11.3 Å². The van der Waals surface area contributed by atoms with Gasteiger partial charge in [-0.05, 0) is 36.8 Å². The molecule has 0 radical (unpaired) electrons. The average Bonchev–Trinajstić information content (AvgIpc) is 2.26. The molecule has 0 bridgehead atoms. The number of halogens is 2. The molecule has 0 saturated carbocycles. The first-order chi connectivity index (χ1) is 8.56. The molecule has 1 aromatic heterocycles.